The molecule has 0 radical (unpaired) electrons. The van der Waals surface area contributed by atoms with Gasteiger partial charge in [-0.2, -0.15) is 5.10 Å². The monoisotopic (exact) mass is 371 g/mol. The lowest BCUT2D eigenvalue weighted by Gasteiger charge is -2.17. The molecular formula is C13H15Br2N3. The molecule has 5 heteroatoms. The topological polar surface area (TPSA) is 29.9 Å². The third kappa shape index (κ3) is 3.02. The van der Waals surface area contributed by atoms with E-state index in [1.54, 1.807) is 6.20 Å². The highest BCUT2D eigenvalue weighted by Gasteiger charge is 2.12. The zero-order valence-corrected chi connectivity index (χ0v) is 13.5. The van der Waals surface area contributed by atoms with E-state index in [-0.39, 0.29) is 6.04 Å². The smallest absolute Gasteiger partial charge is 0.0694 e. The molecule has 1 unspecified atom stereocenters. The average Bonchev–Trinajstić information content (AvgIpc) is 2.76. The molecular weight excluding hydrogens is 358 g/mol. The summed E-state index contributed by atoms with van der Waals surface area (Å²) in [5.74, 6) is 0. The van der Waals surface area contributed by atoms with Gasteiger partial charge in [-0.15, -0.1) is 0 Å². The van der Waals surface area contributed by atoms with Crippen LogP contribution in [0.25, 0.3) is 5.69 Å². The molecule has 0 aliphatic carbocycles. The standard InChI is InChI=1S/C13H15Br2N3/c1-3-16-9(2)12-6-10(14)4-5-13(12)18-8-11(15)7-17-18/h4-9,16H,3H2,1-2H3. The minimum atomic E-state index is 0.283. The number of rotatable bonds is 4. The number of hydrogen-bond donors (Lipinski definition) is 1. The van der Waals surface area contributed by atoms with Crippen LogP contribution in [0.2, 0.25) is 0 Å². The molecule has 0 aliphatic heterocycles. The molecule has 0 aliphatic rings. The third-order valence-electron chi connectivity index (χ3n) is 2.76. The minimum absolute atomic E-state index is 0.283. The van der Waals surface area contributed by atoms with E-state index in [1.807, 2.05) is 16.9 Å². The van der Waals surface area contributed by atoms with Crippen molar-refractivity contribution in [3.05, 3.63) is 45.1 Å². The van der Waals surface area contributed by atoms with Crippen LogP contribution < -0.4 is 5.32 Å². The Labute approximate surface area is 124 Å². The van der Waals surface area contributed by atoms with Gasteiger partial charge >= 0.3 is 0 Å². The van der Waals surface area contributed by atoms with Crippen LogP contribution in [0, 0.1) is 0 Å². The van der Waals surface area contributed by atoms with Gasteiger partial charge in [0.2, 0.25) is 0 Å². The van der Waals surface area contributed by atoms with Gasteiger partial charge in [-0.1, -0.05) is 22.9 Å². The molecule has 0 amide bonds. The Morgan fingerprint density at radius 2 is 2.11 bits per heavy atom. The van der Waals surface area contributed by atoms with Gasteiger partial charge in [-0.25, -0.2) is 4.68 Å². The van der Waals surface area contributed by atoms with Gasteiger partial charge in [0.1, 0.15) is 0 Å². The summed E-state index contributed by atoms with van der Waals surface area (Å²) in [6.07, 6.45) is 3.76. The molecule has 18 heavy (non-hydrogen) atoms. The van der Waals surface area contributed by atoms with Gasteiger partial charge in [-0.05, 0) is 53.2 Å². The zero-order chi connectivity index (χ0) is 13.1. The van der Waals surface area contributed by atoms with Gasteiger partial charge < -0.3 is 5.32 Å². The zero-order valence-electron chi connectivity index (χ0n) is 10.3. The Hall–Kier alpha value is -0.650. The van der Waals surface area contributed by atoms with E-state index < -0.39 is 0 Å². The number of aromatic nitrogens is 2. The second kappa shape index (κ2) is 5.99. The summed E-state index contributed by atoms with van der Waals surface area (Å²) >= 11 is 6.95. The highest BCUT2D eigenvalue weighted by molar-refractivity contribution is 9.10. The summed E-state index contributed by atoms with van der Waals surface area (Å²) in [4.78, 5) is 0. The molecule has 1 aromatic carbocycles. The lowest BCUT2D eigenvalue weighted by atomic mass is 10.1. The fraction of sp³-hybridized carbons (Fsp3) is 0.308. The van der Waals surface area contributed by atoms with Crippen molar-refractivity contribution in [2.24, 2.45) is 0 Å². The fourth-order valence-corrected chi connectivity index (χ4v) is 2.59. The van der Waals surface area contributed by atoms with E-state index in [9.17, 15) is 0 Å². The summed E-state index contributed by atoms with van der Waals surface area (Å²) in [6, 6.07) is 6.53. The maximum atomic E-state index is 4.35. The summed E-state index contributed by atoms with van der Waals surface area (Å²) in [5.41, 5.74) is 2.32. The van der Waals surface area contributed by atoms with Gasteiger partial charge in [0.05, 0.1) is 16.4 Å². The van der Waals surface area contributed by atoms with Gasteiger partial charge in [0, 0.05) is 16.7 Å². The molecule has 3 nitrogen and oxygen atoms in total. The van der Waals surface area contributed by atoms with Crippen molar-refractivity contribution < 1.29 is 0 Å². The predicted molar refractivity (Wildman–Crippen MR) is 81.1 cm³/mol. The van der Waals surface area contributed by atoms with Crippen LogP contribution in [-0.4, -0.2) is 16.3 Å². The Kier molecular flexibility index (Phi) is 4.59. The Bertz CT molecular complexity index is 537. The van der Waals surface area contributed by atoms with E-state index in [1.165, 1.54) is 5.56 Å². The second-order valence-electron chi connectivity index (χ2n) is 4.09. The van der Waals surface area contributed by atoms with E-state index in [0.717, 1.165) is 21.2 Å². The average molecular weight is 373 g/mol. The van der Waals surface area contributed by atoms with Crippen molar-refractivity contribution >= 4 is 31.9 Å². The van der Waals surface area contributed by atoms with Crippen LogP contribution >= 0.6 is 31.9 Å². The molecule has 0 saturated heterocycles. The maximum absolute atomic E-state index is 4.35. The fourth-order valence-electron chi connectivity index (χ4n) is 1.93. The SMILES string of the molecule is CCNC(C)c1cc(Br)ccc1-n1cc(Br)cn1. The first kappa shape index (κ1) is 13.8. The van der Waals surface area contributed by atoms with E-state index in [0.29, 0.717) is 0 Å². The lowest BCUT2D eigenvalue weighted by molar-refractivity contribution is 0.593. The Morgan fingerprint density at radius 1 is 1.33 bits per heavy atom. The van der Waals surface area contributed by atoms with Crippen LogP contribution in [0.1, 0.15) is 25.5 Å². The van der Waals surface area contributed by atoms with Gasteiger partial charge in [0.25, 0.3) is 0 Å². The molecule has 1 atom stereocenters. The van der Waals surface area contributed by atoms with Crippen LogP contribution in [0.3, 0.4) is 0 Å². The first-order valence-corrected chi connectivity index (χ1v) is 7.43. The first-order chi connectivity index (χ1) is 8.61. The predicted octanol–water partition coefficient (Wildman–Crippen LogP) is 4.07. The van der Waals surface area contributed by atoms with Gasteiger partial charge in [0.15, 0.2) is 0 Å². The van der Waals surface area contributed by atoms with Gasteiger partial charge in [-0.3, -0.25) is 0 Å². The molecule has 0 saturated carbocycles. The minimum Gasteiger partial charge on any atom is -0.310 e. The Morgan fingerprint density at radius 3 is 2.72 bits per heavy atom. The van der Waals surface area contributed by atoms with Crippen molar-refractivity contribution in [3.8, 4) is 5.69 Å². The van der Waals surface area contributed by atoms with E-state index in [2.05, 4.69) is 68.3 Å². The Balaban J connectivity index is 2.46. The number of nitrogens with one attached hydrogen (secondary N) is 1. The summed E-state index contributed by atoms with van der Waals surface area (Å²) in [5, 5.41) is 7.78. The van der Waals surface area contributed by atoms with Crippen molar-refractivity contribution in [3.63, 3.8) is 0 Å². The van der Waals surface area contributed by atoms with E-state index in [4.69, 9.17) is 0 Å². The number of benzene rings is 1. The molecule has 2 rings (SSSR count). The lowest BCUT2D eigenvalue weighted by Crippen LogP contribution is -2.19. The number of hydrogen-bond acceptors (Lipinski definition) is 2. The number of nitrogens with zero attached hydrogens (tertiary/aromatic N) is 2. The highest BCUT2D eigenvalue weighted by Crippen LogP contribution is 2.26. The van der Waals surface area contributed by atoms with Crippen LogP contribution in [0.5, 0.6) is 0 Å². The molecule has 1 N–H and O–H groups in total. The summed E-state index contributed by atoms with van der Waals surface area (Å²) in [7, 11) is 0. The maximum Gasteiger partial charge on any atom is 0.0694 e. The van der Waals surface area contributed by atoms with Crippen LogP contribution in [0.15, 0.2) is 39.5 Å². The van der Waals surface area contributed by atoms with Crippen molar-refractivity contribution in [1.29, 1.82) is 0 Å². The molecule has 1 aromatic heterocycles. The van der Waals surface area contributed by atoms with E-state index >= 15 is 0 Å². The molecule has 0 bridgehead atoms. The molecule has 1 heterocycles. The highest BCUT2D eigenvalue weighted by atomic mass is 79.9. The quantitative estimate of drug-likeness (QED) is 0.876. The summed E-state index contributed by atoms with van der Waals surface area (Å²) in [6.45, 7) is 5.21. The van der Waals surface area contributed by atoms with Crippen LogP contribution in [0.4, 0.5) is 0 Å². The van der Waals surface area contributed by atoms with Crippen molar-refractivity contribution in [2.45, 2.75) is 19.9 Å². The first-order valence-electron chi connectivity index (χ1n) is 5.85. The summed E-state index contributed by atoms with van der Waals surface area (Å²) < 4.78 is 3.95. The van der Waals surface area contributed by atoms with Crippen LogP contribution in [-0.2, 0) is 0 Å². The van der Waals surface area contributed by atoms with Crippen molar-refractivity contribution in [2.75, 3.05) is 6.54 Å². The molecule has 2 aromatic rings. The van der Waals surface area contributed by atoms with Crippen molar-refractivity contribution in [1.82, 2.24) is 15.1 Å². The molecule has 96 valence electrons. The normalized spacial score (nSPS) is 12.7. The largest absolute Gasteiger partial charge is 0.310 e. The molecule has 0 spiro atoms. The number of halogens is 2. The second-order valence-corrected chi connectivity index (χ2v) is 5.92. The molecule has 0 fully saturated rings. The third-order valence-corrected chi connectivity index (χ3v) is 3.67.